The summed E-state index contributed by atoms with van der Waals surface area (Å²) in [6, 6.07) is 1.83. The summed E-state index contributed by atoms with van der Waals surface area (Å²) in [4.78, 5) is 0. The molecule has 0 radical (unpaired) electrons. The molecule has 0 heterocycles. The summed E-state index contributed by atoms with van der Waals surface area (Å²) in [5.41, 5.74) is 1.71. The largest absolute Gasteiger partial charge is 0.493 e. The number of hydrogen-bond acceptors (Lipinski definition) is 3. The third-order valence-electron chi connectivity index (χ3n) is 2.33. The highest BCUT2D eigenvalue weighted by atomic mass is 79.9. The van der Waals surface area contributed by atoms with Crippen LogP contribution in [0.25, 0.3) is 0 Å². The lowest BCUT2D eigenvalue weighted by Gasteiger charge is -2.18. The van der Waals surface area contributed by atoms with Crippen LogP contribution in [0.3, 0.4) is 0 Å². The Kier molecular flexibility index (Phi) is 3.99. The molecule has 0 aliphatic carbocycles. The predicted octanol–water partition coefficient (Wildman–Crippen LogP) is 2.83. The zero-order valence-corrected chi connectivity index (χ0v) is 10.9. The molecule has 15 heavy (non-hydrogen) atoms. The van der Waals surface area contributed by atoms with Crippen LogP contribution in [0, 0.1) is 6.92 Å². The summed E-state index contributed by atoms with van der Waals surface area (Å²) < 4.78 is 11.4. The summed E-state index contributed by atoms with van der Waals surface area (Å²) >= 11 is 3.42. The van der Waals surface area contributed by atoms with Crippen molar-refractivity contribution in [1.82, 2.24) is 0 Å². The molecule has 1 N–H and O–H groups in total. The first-order valence-corrected chi connectivity index (χ1v) is 5.41. The van der Waals surface area contributed by atoms with Crippen molar-refractivity contribution in [3.63, 3.8) is 0 Å². The van der Waals surface area contributed by atoms with Gasteiger partial charge in [0.25, 0.3) is 0 Å². The summed E-state index contributed by atoms with van der Waals surface area (Å²) in [7, 11) is 3.14. The Morgan fingerprint density at radius 3 is 2.33 bits per heavy atom. The minimum absolute atomic E-state index is 0.591. The van der Waals surface area contributed by atoms with Gasteiger partial charge in [-0.15, -0.1) is 0 Å². The highest BCUT2D eigenvalue weighted by Crippen LogP contribution is 2.40. The molecule has 0 aromatic heterocycles. The summed E-state index contributed by atoms with van der Waals surface area (Å²) in [6.45, 7) is 3.63. The van der Waals surface area contributed by atoms with E-state index in [9.17, 15) is 5.11 Å². The Bertz CT molecular complexity index is 361. The first-order valence-electron chi connectivity index (χ1n) is 4.62. The van der Waals surface area contributed by atoms with E-state index in [4.69, 9.17) is 9.47 Å². The first-order chi connectivity index (χ1) is 7.02. The topological polar surface area (TPSA) is 38.7 Å². The molecular weight excluding hydrogens is 260 g/mol. The van der Waals surface area contributed by atoms with Crippen molar-refractivity contribution in [3.8, 4) is 11.5 Å². The maximum Gasteiger partial charge on any atom is 0.166 e. The third-order valence-corrected chi connectivity index (χ3v) is 3.15. The van der Waals surface area contributed by atoms with Gasteiger partial charge in [0, 0.05) is 10.0 Å². The number of halogens is 1. The Morgan fingerprint density at radius 2 is 1.93 bits per heavy atom. The van der Waals surface area contributed by atoms with Crippen LogP contribution in [0.1, 0.15) is 24.2 Å². The standard InChI is InChI=1S/C11H15BrO3/c1-6-8(12)5-9(14-3)11(15-4)10(6)7(2)13/h5,7,13H,1-4H3. The number of methoxy groups -OCH3 is 2. The molecule has 1 rings (SSSR count). The van der Waals surface area contributed by atoms with Gasteiger partial charge in [0.2, 0.25) is 0 Å². The van der Waals surface area contributed by atoms with Crippen LogP contribution >= 0.6 is 15.9 Å². The molecule has 0 aliphatic rings. The fraction of sp³-hybridized carbons (Fsp3) is 0.455. The van der Waals surface area contributed by atoms with Crippen LogP contribution in [0.4, 0.5) is 0 Å². The number of hydrogen-bond donors (Lipinski definition) is 1. The molecule has 0 amide bonds. The van der Waals surface area contributed by atoms with Crippen molar-refractivity contribution in [2.45, 2.75) is 20.0 Å². The first kappa shape index (κ1) is 12.3. The van der Waals surface area contributed by atoms with Gasteiger partial charge >= 0.3 is 0 Å². The normalized spacial score (nSPS) is 12.4. The smallest absolute Gasteiger partial charge is 0.166 e. The molecule has 0 spiro atoms. The molecule has 1 unspecified atom stereocenters. The molecule has 0 saturated heterocycles. The molecule has 0 aliphatic heterocycles. The number of ether oxygens (including phenoxy) is 2. The average Bonchev–Trinajstić information content (AvgIpc) is 2.20. The molecule has 84 valence electrons. The van der Waals surface area contributed by atoms with E-state index in [0.29, 0.717) is 11.5 Å². The van der Waals surface area contributed by atoms with E-state index in [-0.39, 0.29) is 0 Å². The molecule has 1 aromatic rings. The lowest BCUT2D eigenvalue weighted by molar-refractivity contribution is 0.192. The lowest BCUT2D eigenvalue weighted by atomic mass is 10.0. The highest BCUT2D eigenvalue weighted by Gasteiger charge is 2.19. The number of benzene rings is 1. The van der Waals surface area contributed by atoms with Crippen LogP contribution in [0.2, 0.25) is 0 Å². The zero-order chi connectivity index (χ0) is 11.6. The Hall–Kier alpha value is -0.740. The van der Waals surface area contributed by atoms with Crippen molar-refractivity contribution < 1.29 is 14.6 Å². The molecular formula is C11H15BrO3. The molecule has 4 heteroatoms. The van der Waals surface area contributed by atoms with Crippen molar-refractivity contribution in [3.05, 3.63) is 21.7 Å². The predicted molar refractivity (Wildman–Crippen MR) is 62.6 cm³/mol. The second-order valence-electron chi connectivity index (χ2n) is 3.31. The Morgan fingerprint density at radius 1 is 1.33 bits per heavy atom. The van der Waals surface area contributed by atoms with Gasteiger partial charge in [0.15, 0.2) is 11.5 Å². The molecule has 1 atom stereocenters. The average molecular weight is 275 g/mol. The van der Waals surface area contributed by atoms with Crippen LogP contribution in [-0.2, 0) is 0 Å². The van der Waals surface area contributed by atoms with Gasteiger partial charge < -0.3 is 14.6 Å². The van der Waals surface area contributed by atoms with Gasteiger partial charge in [-0.1, -0.05) is 15.9 Å². The summed E-state index contributed by atoms with van der Waals surface area (Å²) in [5.74, 6) is 1.21. The Balaban J connectivity index is 3.49. The quantitative estimate of drug-likeness (QED) is 0.921. The van der Waals surface area contributed by atoms with Gasteiger partial charge in [0.1, 0.15) is 0 Å². The van der Waals surface area contributed by atoms with E-state index < -0.39 is 6.10 Å². The second kappa shape index (κ2) is 4.86. The molecule has 0 fully saturated rings. The molecule has 3 nitrogen and oxygen atoms in total. The summed E-state index contributed by atoms with van der Waals surface area (Å²) in [6.07, 6.45) is -0.591. The highest BCUT2D eigenvalue weighted by molar-refractivity contribution is 9.10. The van der Waals surface area contributed by atoms with Gasteiger partial charge in [-0.05, 0) is 25.5 Å². The molecule has 0 bridgehead atoms. The molecule has 1 aromatic carbocycles. The minimum Gasteiger partial charge on any atom is -0.493 e. The number of aliphatic hydroxyl groups is 1. The second-order valence-corrected chi connectivity index (χ2v) is 4.16. The van der Waals surface area contributed by atoms with Gasteiger partial charge in [-0.2, -0.15) is 0 Å². The van der Waals surface area contributed by atoms with Gasteiger partial charge in [-0.3, -0.25) is 0 Å². The van der Waals surface area contributed by atoms with Gasteiger partial charge in [0.05, 0.1) is 20.3 Å². The zero-order valence-electron chi connectivity index (χ0n) is 9.30. The maximum absolute atomic E-state index is 9.70. The van der Waals surface area contributed by atoms with E-state index in [1.165, 1.54) is 0 Å². The number of aliphatic hydroxyl groups excluding tert-OH is 1. The minimum atomic E-state index is -0.591. The monoisotopic (exact) mass is 274 g/mol. The fourth-order valence-electron chi connectivity index (χ4n) is 1.59. The van der Waals surface area contributed by atoms with Crippen molar-refractivity contribution in [2.75, 3.05) is 14.2 Å². The molecule has 0 saturated carbocycles. The summed E-state index contributed by atoms with van der Waals surface area (Å²) in [5, 5.41) is 9.70. The fourth-order valence-corrected chi connectivity index (χ4v) is 2.01. The van der Waals surface area contributed by atoms with Crippen LogP contribution < -0.4 is 9.47 Å². The van der Waals surface area contributed by atoms with Crippen LogP contribution in [-0.4, -0.2) is 19.3 Å². The van der Waals surface area contributed by atoms with Crippen molar-refractivity contribution in [2.24, 2.45) is 0 Å². The van der Waals surface area contributed by atoms with E-state index in [2.05, 4.69) is 15.9 Å². The van der Waals surface area contributed by atoms with E-state index in [1.807, 2.05) is 13.0 Å². The van der Waals surface area contributed by atoms with E-state index in [0.717, 1.165) is 15.6 Å². The lowest BCUT2D eigenvalue weighted by Crippen LogP contribution is -2.02. The Labute approximate surface area is 98.1 Å². The van der Waals surface area contributed by atoms with Crippen molar-refractivity contribution in [1.29, 1.82) is 0 Å². The number of rotatable bonds is 3. The van der Waals surface area contributed by atoms with E-state index in [1.54, 1.807) is 21.1 Å². The SMILES string of the molecule is COc1cc(Br)c(C)c(C(C)O)c1OC. The van der Waals surface area contributed by atoms with Crippen LogP contribution in [0.15, 0.2) is 10.5 Å². The third kappa shape index (κ3) is 2.26. The van der Waals surface area contributed by atoms with E-state index >= 15 is 0 Å². The van der Waals surface area contributed by atoms with Crippen molar-refractivity contribution >= 4 is 15.9 Å². The van der Waals surface area contributed by atoms with Gasteiger partial charge in [-0.25, -0.2) is 0 Å². The maximum atomic E-state index is 9.70. The van der Waals surface area contributed by atoms with Crippen LogP contribution in [0.5, 0.6) is 11.5 Å².